The highest BCUT2D eigenvalue weighted by molar-refractivity contribution is 5.94. The van der Waals surface area contributed by atoms with Gasteiger partial charge in [0, 0.05) is 39.3 Å². The first-order chi connectivity index (χ1) is 14.5. The molecule has 30 heavy (non-hydrogen) atoms. The molecule has 5 nitrogen and oxygen atoms in total. The van der Waals surface area contributed by atoms with Gasteiger partial charge in [0.15, 0.2) is 0 Å². The summed E-state index contributed by atoms with van der Waals surface area (Å²) in [5.74, 6) is 0.699. The van der Waals surface area contributed by atoms with E-state index in [0.29, 0.717) is 43.9 Å². The standard InChI is InChI=1S/C24H34FN3O2/c1-18-10-12-27(13-11-18)24(30)22(19-6-2-3-7-19)26-14-16-28(17-15-26)23(29)20-8-4-5-9-21(20)25/h4-5,8-9,18-19,22H,2-3,6-7,10-17H2,1H3. The van der Waals surface area contributed by atoms with Gasteiger partial charge in [0.25, 0.3) is 5.91 Å². The third-order valence-electron chi connectivity index (χ3n) is 7.29. The number of likely N-dealkylation sites (tertiary alicyclic amines) is 1. The molecule has 3 aliphatic rings. The van der Waals surface area contributed by atoms with Crippen LogP contribution in [0, 0.1) is 17.7 Å². The molecular weight excluding hydrogens is 381 g/mol. The Labute approximate surface area is 179 Å². The molecule has 2 aliphatic heterocycles. The average Bonchev–Trinajstić information content (AvgIpc) is 3.29. The van der Waals surface area contributed by atoms with Crippen molar-refractivity contribution in [3.8, 4) is 0 Å². The molecule has 2 saturated heterocycles. The summed E-state index contributed by atoms with van der Waals surface area (Å²) < 4.78 is 14.0. The second kappa shape index (κ2) is 9.46. The van der Waals surface area contributed by atoms with Gasteiger partial charge >= 0.3 is 0 Å². The lowest BCUT2D eigenvalue weighted by molar-refractivity contribution is -0.141. The zero-order valence-corrected chi connectivity index (χ0v) is 18.1. The number of halogens is 1. The van der Waals surface area contributed by atoms with E-state index in [1.54, 1.807) is 23.1 Å². The Morgan fingerprint density at radius 1 is 0.900 bits per heavy atom. The van der Waals surface area contributed by atoms with E-state index in [-0.39, 0.29) is 17.5 Å². The maximum Gasteiger partial charge on any atom is 0.256 e. The van der Waals surface area contributed by atoms with Crippen LogP contribution >= 0.6 is 0 Å². The third-order valence-corrected chi connectivity index (χ3v) is 7.29. The molecule has 1 atom stereocenters. The van der Waals surface area contributed by atoms with Crippen molar-refractivity contribution in [3.05, 3.63) is 35.6 Å². The van der Waals surface area contributed by atoms with Gasteiger partial charge in [-0.25, -0.2) is 4.39 Å². The van der Waals surface area contributed by atoms with Crippen LogP contribution in [-0.4, -0.2) is 71.8 Å². The third kappa shape index (κ3) is 4.53. The highest BCUT2D eigenvalue weighted by atomic mass is 19.1. The van der Waals surface area contributed by atoms with Crippen LogP contribution < -0.4 is 0 Å². The van der Waals surface area contributed by atoms with Crippen LogP contribution in [0.1, 0.15) is 55.8 Å². The molecule has 1 aromatic rings. The smallest absolute Gasteiger partial charge is 0.256 e. The zero-order chi connectivity index (χ0) is 21.1. The highest BCUT2D eigenvalue weighted by Gasteiger charge is 2.40. The summed E-state index contributed by atoms with van der Waals surface area (Å²) in [6, 6.07) is 6.11. The van der Waals surface area contributed by atoms with Gasteiger partial charge in [0.1, 0.15) is 5.82 Å². The summed E-state index contributed by atoms with van der Waals surface area (Å²) in [7, 11) is 0. The number of amides is 2. The Balaban J connectivity index is 1.42. The van der Waals surface area contributed by atoms with Crippen LogP contribution in [-0.2, 0) is 4.79 Å². The quantitative estimate of drug-likeness (QED) is 0.757. The molecule has 1 aromatic carbocycles. The maximum atomic E-state index is 14.0. The number of nitrogens with zero attached hydrogens (tertiary/aromatic N) is 3. The lowest BCUT2D eigenvalue weighted by atomic mass is 9.92. The number of hydrogen-bond acceptors (Lipinski definition) is 3. The minimum atomic E-state index is -0.469. The van der Waals surface area contributed by atoms with E-state index in [4.69, 9.17) is 0 Å². The average molecular weight is 416 g/mol. The van der Waals surface area contributed by atoms with Gasteiger partial charge in [-0.05, 0) is 49.7 Å². The lowest BCUT2D eigenvalue weighted by Crippen LogP contribution is -2.59. The van der Waals surface area contributed by atoms with Crippen molar-refractivity contribution in [2.75, 3.05) is 39.3 Å². The Hall–Kier alpha value is -1.95. The molecule has 0 radical (unpaired) electrons. The fraction of sp³-hybridized carbons (Fsp3) is 0.667. The lowest BCUT2D eigenvalue weighted by Gasteiger charge is -2.43. The SMILES string of the molecule is CC1CCN(C(=O)C(C2CCCC2)N2CCN(C(=O)c3ccccc3F)CC2)CC1. The van der Waals surface area contributed by atoms with E-state index in [2.05, 4.69) is 16.7 Å². The fourth-order valence-corrected chi connectivity index (χ4v) is 5.35. The summed E-state index contributed by atoms with van der Waals surface area (Å²) in [5, 5.41) is 0. The zero-order valence-electron chi connectivity index (χ0n) is 18.1. The van der Waals surface area contributed by atoms with E-state index in [1.165, 1.54) is 18.9 Å². The van der Waals surface area contributed by atoms with Crippen molar-refractivity contribution in [2.24, 2.45) is 11.8 Å². The van der Waals surface area contributed by atoms with Crippen molar-refractivity contribution in [1.29, 1.82) is 0 Å². The number of carbonyl (C=O) groups excluding carboxylic acids is 2. The molecule has 0 spiro atoms. The van der Waals surface area contributed by atoms with E-state index in [1.807, 2.05) is 0 Å². The molecule has 1 aliphatic carbocycles. The van der Waals surface area contributed by atoms with Gasteiger partial charge in [-0.1, -0.05) is 31.9 Å². The normalized spacial score (nSPS) is 23.0. The minimum absolute atomic E-state index is 0.0633. The van der Waals surface area contributed by atoms with Crippen LogP contribution in [0.25, 0.3) is 0 Å². The molecule has 0 bridgehead atoms. The van der Waals surface area contributed by atoms with Crippen LogP contribution in [0.15, 0.2) is 24.3 Å². The molecule has 4 rings (SSSR count). The molecule has 1 saturated carbocycles. The Morgan fingerprint density at radius 3 is 2.17 bits per heavy atom. The minimum Gasteiger partial charge on any atom is -0.341 e. The van der Waals surface area contributed by atoms with E-state index < -0.39 is 5.82 Å². The Morgan fingerprint density at radius 2 is 1.53 bits per heavy atom. The van der Waals surface area contributed by atoms with Crippen LogP contribution in [0.5, 0.6) is 0 Å². The molecular formula is C24H34FN3O2. The summed E-state index contributed by atoms with van der Waals surface area (Å²) in [4.78, 5) is 32.4. The van der Waals surface area contributed by atoms with Gasteiger partial charge in [-0.15, -0.1) is 0 Å². The van der Waals surface area contributed by atoms with Crippen molar-refractivity contribution in [1.82, 2.24) is 14.7 Å². The molecule has 2 amide bonds. The molecule has 6 heteroatoms. The molecule has 0 aromatic heterocycles. The van der Waals surface area contributed by atoms with Crippen molar-refractivity contribution in [2.45, 2.75) is 51.5 Å². The number of hydrogen-bond donors (Lipinski definition) is 0. The van der Waals surface area contributed by atoms with Gasteiger partial charge in [0.2, 0.25) is 5.91 Å². The molecule has 164 valence electrons. The first-order valence-corrected chi connectivity index (χ1v) is 11.6. The van der Waals surface area contributed by atoms with Crippen molar-refractivity contribution < 1.29 is 14.0 Å². The topological polar surface area (TPSA) is 43.9 Å². The molecule has 0 N–H and O–H groups in total. The van der Waals surface area contributed by atoms with Crippen molar-refractivity contribution >= 4 is 11.8 Å². The molecule has 1 unspecified atom stereocenters. The Kier molecular flexibility index (Phi) is 6.71. The number of rotatable bonds is 4. The summed E-state index contributed by atoms with van der Waals surface area (Å²) in [6.07, 6.45) is 6.83. The molecule has 2 heterocycles. The predicted octanol–water partition coefficient (Wildman–Crippen LogP) is 3.40. The first kappa shape index (κ1) is 21.3. The van der Waals surface area contributed by atoms with Gasteiger partial charge in [-0.2, -0.15) is 0 Å². The largest absolute Gasteiger partial charge is 0.341 e. The van der Waals surface area contributed by atoms with Gasteiger partial charge < -0.3 is 9.80 Å². The fourth-order valence-electron chi connectivity index (χ4n) is 5.35. The number of carbonyl (C=O) groups is 2. The Bertz CT molecular complexity index is 749. The van der Waals surface area contributed by atoms with E-state index in [0.717, 1.165) is 38.8 Å². The van der Waals surface area contributed by atoms with E-state index in [9.17, 15) is 14.0 Å². The van der Waals surface area contributed by atoms with E-state index >= 15 is 0 Å². The molecule has 3 fully saturated rings. The first-order valence-electron chi connectivity index (χ1n) is 11.6. The summed E-state index contributed by atoms with van der Waals surface area (Å²) >= 11 is 0. The summed E-state index contributed by atoms with van der Waals surface area (Å²) in [6.45, 7) is 6.45. The van der Waals surface area contributed by atoms with Crippen LogP contribution in [0.4, 0.5) is 4.39 Å². The second-order valence-corrected chi connectivity index (χ2v) is 9.31. The second-order valence-electron chi connectivity index (χ2n) is 9.31. The maximum absolute atomic E-state index is 14.0. The van der Waals surface area contributed by atoms with Crippen LogP contribution in [0.2, 0.25) is 0 Å². The number of piperidine rings is 1. The van der Waals surface area contributed by atoms with Gasteiger partial charge in [0.05, 0.1) is 11.6 Å². The highest BCUT2D eigenvalue weighted by Crippen LogP contribution is 2.33. The number of benzene rings is 1. The van der Waals surface area contributed by atoms with Gasteiger partial charge in [-0.3, -0.25) is 14.5 Å². The van der Waals surface area contributed by atoms with Crippen LogP contribution in [0.3, 0.4) is 0 Å². The summed E-state index contributed by atoms with van der Waals surface area (Å²) in [5.41, 5.74) is 0.136. The predicted molar refractivity (Wildman–Crippen MR) is 115 cm³/mol. The monoisotopic (exact) mass is 415 g/mol. The van der Waals surface area contributed by atoms with Crippen molar-refractivity contribution in [3.63, 3.8) is 0 Å². The number of piperazine rings is 1.